The number of hydrogen-bond acceptors (Lipinski definition) is 12. The van der Waals surface area contributed by atoms with E-state index in [2.05, 4.69) is 0 Å². The highest BCUT2D eigenvalue weighted by Crippen LogP contribution is 2.66. The molecule has 0 spiro atoms. The molecule has 0 aromatic carbocycles. The van der Waals surface area contributed by atoms with Crippen molar-refractivity contribution >= 4 is 0 Å². The molecule has 12 nitrogen and oxygen atoms in total. The van der Waals surface area contributed by atoms with Crippen LogP contribution in [0.1, 0.15) is 40.5 Å². The number of ether oxygens (including phenoxy) is 5. The van der Waals surface area contributed by atoms with Crippen LogP contribution in [0.5, 0.6) is 0 Å². The van der Waals surface area contributed by atoms with Crippen LogP contribution in [0.3, 0.4) is 0 Å². The van der Waals surface area contributed by atoms with Gasteiger partial charge in [-0.25, -0.2) is 0 Å². The maximum atomic E-state index is 10.4. The predicted octanol–water partition coefficient (Wildman–Crippen LogP) is -2.08. The third-order valence-corrected chi connectivity index (χ3v) is 8.13. The van der Waals surface area contributed by atoms with E-state index in [1.54, 1.807) is 13.0 Å². The zero-order valence-electron chi connectivity index (χ0n) is 21.1. The number of aliphatic hydroxyl groups is 7. The van der Waals surface area contributed by atoms with Crippen molar-refractivity contribution < 1.29 is 59.4 Å². The molecule has 4 aliphatic rings. The molecule has 1 saturated carbocycles. The summed E-state index contributed by atoms with van der Waals surface area (Å²) < 4.78 is 28.2. The predicted molar refractivity (Wildman–Crippen MR) is 121 cm³/mol. The van der Waals surface area contributed by atoms with Crippen LogP contribution < -0.4 is 0 Å². The van der Waals surface area contributed by atoms with E-state index in [9.17, 15) is 35.7 Å². The molecule has 208 valence electrons. The van der Waals surface area contributed by atoms with Gasteiger partial charge in [-0.3, -0.25) is 0 Å². The van der Waals surface area contributed by atoms with E-state index in [-0.39, 0.29) is 18.6 Å². The fourth-order valence-corrected chi connectivity index (χ4v) is 5.89. The molecule has 36 heavy (non-hydrogen) atoms. The molecule has 0 bridgehead atoms. The van der Waals surface area contributed by atoms with Gasteiger partial charge in [0.2, 0.25) is 0 Å². The summed E-state index contributed by atoms with van der Waals surface area (Å²) in [6.45, 7) is 6.35. The molecule has 3 aliphatic heterocycles. The van der Waals surface area contributed by atoms with E-state index in [0.717, 1.165) is 0 Å². The Labute approximate surface area is 210 Å². The second-order valence-electron chi connectivity index (χ2n) is 11.4. The summed E-state index contributed by atoms with van der Waals surface area (Å²) in [5, 5.41) is 70.8. The summed E-state index contributed by atoms with van der Waals surface area (Å²) >= 11 is 0. The first-order valence-corrected chi connectivity index (χ1v) is 12.4. The van der Waals surface area contributed by atoms with Gasteiger partial charge in [0, 0.05) is 11.8 Å². The number of epoxide rings is 1. The number of hydrogen-bond donors (Lipinski definition) is 7. The van der Waals surface area contributed by atoms with Crippen LogP contribution in [-0.4, -0.2) is 128 Å². The molecule has 0 unspecified atom stereocenters. The first-order chi connectivity index (χ1) is 16.7. The molecule has 0 radical (unpaired) electrons. The third-order valence-electron chi connectivity index (χ3n) is 8.13. The van der Waals surface area contributed by atoms with Crippen molar-refractivity contribution in [3.8, 4) is 0 Å². The molecule has 3 saturated heterocycles. The van der Waals surface area contributed by atoms with Gasteiger partial charge >= 0.3 is 0 Å². The molecule has 4 fully saturated rings. The number of rotatable bonds is 8. The number of aliphatic hydroxyl groups excluding tert-OH is 6. The summed E-state index contributed by atoms with van der Waals surface area (Å²) in [5.41, 5.74) is -3.23. The Hall–Kier alpha value is -0.740. The zero-order chi connectivity index (χ0) is 26.7. The zero-order valence-corrected chi connectivity index (χ0v) is 21.1. The van der Waals surface area contributed by atoms with E-state index >= 15 is 0 Å². The standard InChI is InChI=1S/C24H40O12/c1-12(5-6-24-21(2,3)7-13(26)8-22(24,4)36-24)34-19-17(29)16(28)15(27)14(35-19)9-32-20-18(30)23(31,10-25)11-33-20/h5-6,12-20,25-31H,7-11H2,1-4H3/t12-,13-,14+,15+,16-,17+,18-,19+,20+,22+,23+,24-/m0/s1. The van der Waals surface area contributed by atoms with Gasteiger partial charge in [0.15, 0.2) is 12.6 Å². The molecule has 0 amide bonds. The van der Waals surface area contributed by atoms with Crippen molar-refractivity contribution in [2.24, 2.45) is 5.41 Å². The van der Waals surface area contributed by atoms with Gasteiger partial charge in [0.05, 0.1) is 32.0 Å². The SMILES string of the molecule is C[C@@H](C=C[C@@]12O[C@]1(C)C[C@@H](O)CC2(C)C)O[C@@H]1O[C@H](CO[C@@H]2OC[C@](O)(CO)[C@H]2O)[C@@H](O)[C@H](O)[C@H]1O. The molecular formula is C24H40O12. The highest BCUT2D eigenvalue weighted by atomic mass is 16.7. The molecule has 0 aromatic rings. The summed E-state index contributed by atoms with van der Waals surface area (Å²) in [4.78, 5) is 0. The van der Waals surface area contributed by atoms with E-state index < -0.39 is 78.7 Å². The maximum Gasteiger partial charge on any atom is 0.187 e. The monoisotopic (exact) mass is 520 g/mol. The normalized spacial score (nSPS) is 51.3. The Kier molecular flexibility index (Phi) is 7.68. The van der Waals surface area contributed by atoms with Crippen molar-refractivity contribution in [3.05, 3.63) is 12.2 Å². The van der Waals surface area contributed by atoms with Gasteiger partial charge in [0.1, 0.15) is 47.3 Å². The minimum atomic E-state index is -1.87. The van der Waals surface area contributed by atoms with Gasteiger partial charge < -0.3 is 59.4 Å². The van der Waals surface area contributed by atoms with Crippen LogP contribution in [0.25, 0.3) is 0 Å². The molecule has 4 rings (SSSR count). The second-order valence-corrected chi connectivity index (χ2v) is 11.4. The molecule has 1 aliphatic carbocycles. The minimum Gasteiger partial charge on any atom is -0.393 e. The van der Waals surface area contributed by atoms with Gasteiger partial charge in [-0.05, 0) is 20.3 Å². The Balaban J connectivity index is 1.36. The Morgan fingerprint density at radius 1 is 1.00 bits per heavy atom. The third kappa shape index (κ3) is 4.76. The Bertz CT molecular complexity index is 823. The van der Waals surface area contributed by atoms with E-state index in [4.69, 9.17) is 23.7 Å². The first-order valence-electron chi connectivity index (χ1n) is 12.4. The lowest BCUT2D eigenvalue weighted by Gasteiger charge is -2.41. The van der Waals surface area contributed by atoms with Gasteiger partial charge in [-0.2, -0.15) is 0 Å². The van der Waals surface area contributed by atoms with Crippen LogP contribution in [0.15, 0.2) is 12.2 Å². The lowest BCUT2D eigenvalue weighted by molar-refractivity contribution is -0.314. The minimum absolute atomic E-state index is 0.311. The van der Waals surface area contributed by atoms with Crippen LogP contribution in [0, 0.1) is 5.41 Å². The quantitative estimate of drug-likeness (QED) is 0.137. The van der Waals surface area contributed by atoms with Gasteiger partial charge in [-0.15, -0.1) is 0 Å². The van der Waals surface area contributed by atoms with E-state index in [0.29, 0.717) is 12.8 Å². The van der Waals surface area contributed by atoms with Crippen molar-refractivity contribution in [3.63, 3.8) is 0 Å². The summed E-state index contributed by atoms with van der Waals surface area (Å²) in [5.74, 6) is 0. The first kappa shape index (κ1) is 28.3. The number of fused-ring (bicyclic) bond motifs is 1. The van der Waals surface area contributed by atoms with Crippen molar-refractivity contribution in [1.29, 1.82) is 0 Å². The molecule has 3 heterocycles. The van der Waals surface area contributed by atoms with Crippen molar-refractivity contribution in [2.75, 3.05) is 19.8 Å². The molecule has 0 aromatic heterocycles. The fourth-order valence-electron chi connectivity index (χ4n) is 5.89. The summed E-state index contributed by atoms with van der Waals surface area (Å²) in [6.07, 6.45) is -6.10. The van der Waals surface area contributed by atoms with Crippen LogP contribution in [0.2, 0.25) is 0 Å². The Morgan fingerprint density at radius 3 is 2.31 bits per heavy atom. The fraction of sp³-hybridized carbons (Fsp3) is 0.917. The topological polar surface area (TPSA) is 191 Å². The lowest BCUT2D eigenvalue weighted by Crippen LogP contribution is -2.60. The smallest absolute Gasteiger partial charge is 0.187 e. The summed E-state index contributed by atoms with van der Waals surface area (Å²) in [6, 6.07) is 0. The molecule has 12 heteroatoms. The van der Waals surface area contributed by atoms with Crippen molar-refractivity contribution in [2.45, 2.75) is 113 Å². The van der Waals surface area contributed by atoms with E-state index in [1.807, 2.05) is 26.8 Å². The molecule has 7 N–H and O–H groups in total. The highest BCUT2D eigenvalue weighted by molar-refractivity contribution is 5.32. The van der Waals surface area contributed by atoms with Crippen LogP contribution >= 0.6 is 0 Å². The van der Waals surface area contributed by atoms with Crippen LogP contribution in [0.4, 0.5) is 0 Å². The van der Waals surface area contributed by atoms with Crippen molar-refractivity contribution in [1.82, 2.24) is 0 Å². The highest BCUT2D eigenvalue weighted by Gasteiger charge is 2.74. The average molecular weight is 521 g/mol. The summed E-state index contributed by atoms with van der Waals surface area (Å²) in [7, 11) is 0. The second kappa shape index (κ2) is 9.78. The average Bonchev–Trinajstić information content (AvgIpc) is 3.33. The molecular weight excluding hydrogens is 480 g/mol. The maximum absolute atomic E-state index is 10.4. The van der Waals surface area contributed by atoms with Gasteiger partial charge in [-0.1, -0.05) is 26.0 Å². The molecule has 12 atom stereocenters. The Morgan fingerprint density at radius 2 is 1.69 bits per heavy atom. The van der Waals surface area contributed by atoms with E-state index in [1.165, 1.54) is 0 Å². The van der Waals surface area contributed by atoms with Gasteiger partial charge in [0.25, 0.3) is 0 Å². The lowest BCUT2D eigenvalue weighted by atomic mass is 9.63. The van der Waals surface area contributed by atoms with Crippen LogP contribution in [-0.2, 0) is 23.7 Å². The largest absolute Gasteiger partial charge is 0.393 e.